The molecule has 0 spiro atoms. The predicted octanol–water partition coefficient (Wildman–Crippen LogP) is 3.36. The van der Waals surface area contributed by atoms with Gasteiger partial charge in [-0.2, -0.15) is 0 Å². The molecule has 0 radical (unpaired) electrons. The zero-order valence-corrected chi connectivity index (χ0v) is 16.4. The number of benzene rings is 2. The third-order valence-electron chi connectivity index (χ3n) is 4.41. The van der Waals surface area contributed by atoms with Crippen LogP contribution in [0.15, 0.2) is 60.0 Å². The van der Waals surface area contributed by atoms with Gasteiger partial charge in [-0.25, -0.2) is 4.98 Å². The molecule has 1 aromatic heterocycles. The highest BCUT2D eigenvalue weighted by Gasteiger charge is 2.13. The molecule has 0 saturated heterocycles. The molecular formula is C21H21N3O3S. The molecular weight excluding hydrogens is 374 g/mol. The molecule has 0 bridgehead atoms. The van der Waals surface area contributed by atoms with Gasteiger partial charge in [0, 0.05) is 18.9 Å². The van der Waals surface area contributed by atoms with E-state index < -0.39 is 0 Å². The second kappa shape index (κ2) is 8.39. The number of imidazole rings is 1. The molecule has 0 unspecified atom stereocenters. The maximum Gasteiger partial charge on any atom is 0.230 e. The first-order chi connectivity index (χ1) is 13.7. The van der Waals surface area contributed by atoms with Gasteiger partial charge in [0.25, 0.3) is 0 Å². The van der Waals surface area contributed by atoms with Gasteiger partial charge in [-0.15, -0.1) is 0 Å². The fourth-order valence-corrected chi connectivity index (χ4v) is 3.79. The van der Waals surface area contributed by atoms with Crippen LogP contribution < -0.4 is 14.8 Å². The number of nitrogens with one attached hydrogen (secondary N) is 1. The zero-order chi connectivity index (χ0) is 19.3. The Kier molecular flexibility index (Phi) is 5.53. The Balaban J connectivity index is 1.33. The Hall–Kier alpha value is -2.93. The summed E-state index contributed by atoms with van der Waals surface area (Å²) in [6, 6.07) is 13.8. The number of amides is 1. The number of para-hydroxylation sites is 1. The molecule has 2 aromatic carbocycles. The molecule has 6 nitrogen and oxygen atoms in total. The minimum absolute atomic E-state index is 0.0424. The van der Waals surface area contributed by atoms with Crippen LogP contribution >= 0.6 is 11.8 Å². The van der Waals surface area contributed by atoms with Crippen molar-refractivity contribution in [3.63, 3.8) is 0 Å². The van der Waals surface area contributed by atoms with Gasteiger partial charge in [-0.3, -0.25) is 9.36 Å². The lowest BCUT2D eigenvalue weighted by Crippen LogP contribution is -2.25. The molecule has 0 saturated carbocycles. The van der Waals surface area contributed by atoms with E-state index in [1.807, 2.05) is 47.2 Å². The van der Waals surface area contributed by atoms with Crippen LogP contribution in [-0.2, 0) is 11.3 Å². The normalized spacial score (nSPS) is 12.6. The lowest BCUT2D eigenvalue weighted by Gasteiger charge is -2.19. The molecule has 1 amide bonds. The molecule has 144 valence electrons. The standard InChI is InChI=1S/C21H21N3O3S/c1-15-4-2-3-5-17(15)24-9-8-22-21(24)28-14-20(25)23-13-16-6-7-18-19(12-16)27-11-10-26-18/h2-9,12H,10-11,13-14H2,1H3,(H,23,25). The van der Waals surface area contributed by atoms with E-state index in [1.165, 1.54) is 11.8 Å². The molecule has 7 heteroatoms. The highest BCUT2D eigenvalue weighted by atomic mass is 32.2. The summed E-state index contributed by atoms with van der Waals surface area (Å²) in [5, 5.41) is 3.74. The molecule has 1 N–H and O–H groups in total. The van der Waals surface area contributed by atoms with Crippen molar-refractivity contribution in [2.24, 2.45) is 0 Å². The molecule has 0 aliphatic carbocycles. The SMILES string of the molecule is Cc1ccccc1-n1ccnc1SCC(=O)NCc1ccc2c(c1)OCCO2. The number of ether oxygens (including phenoxy) is 2. The minimum Gasteiger partial charge on any atom is -0.486 e. The van der Waals surface area contributed by atoms with Crippen molar-refractivity contribution in [1.29, 1.82) is 0 Å². The highest BCUT2D eigenvalue weighted by molar-refractivity contribution is 7.99. The smallest absolute Gasteiger partial charge is 0.230 e. The van der Waals surface area contributed by atoms with Crippen molar-refractivity contribution >= 4 is 17.7 Å². The number of nitrogens with zero attached hydrogens (tertiary/aromatic N) is 2. The van der Waals surface area contributed by atoms with Gasteiger partial charge in [0.1, 0.15) is 13.2 Å². The summed E-state index contributed by atoms with van der Waals surface area (Å²) in [6.07, 6.45) is 3.67. The van der Waals surface area contributed by atoms with Gasteiger partial charge in [-0.05, 0) is 36.2 Å². The summed E-state index contributed by atoms with van der Waals surface area (Å²) in [7, 11) is 0. The van der Waals surface area contributed by atoms with Gasteiger partial charge < -0.3 is 14.8 Å². The van der Waals surface area contributed by atoms with Crippen molar-refractivity contribution < 1.29 is 14.3 Å². The number of carbonyl (C=O) groups excluding carboxylic acids is 1. The average Bonchev–Trinajstić information content (AvgIpc) is 3.19. The van der Waals surface area contributed by atoms with Crippen LogP contribution in [0, 0.1) is 6.92 Å². The predicted molar refractivity (Wildman–Crippen MR) is 108 cm³/mol. The summed E-state index contributed by atoms with van der Waals surface area (Å²) < 4.78 is 13.1. The first kappa shape index (κ1) is 18.4. The minimum atomic E-state index is -0.0424. The van der Waals surface area contributed by atoms with Gasteiger partial charge in [0.15, 0.2) is 16.7 Å². The number of hydrogen-bond donors (Lipinski definition) is 1. The number of rotatable bonds is 6. The van der Waals surface area contributed by atoms with E-state index in [0.717, 1.165) is 33.5 Å². The van der Waals surface area contributed by atoms with Crippen LogP contribution in [0.4, 0.5) is 0 Å². The monoisotopic (exact) mass is 395 g/mol. The second-order valence-corrected chi connectivity index (χ2v) is 7.35. The van der Waals surface area contributed by atoms with Crippen LogP contribution in [0.1, 0.15) is 11.1 Å². The van der Waals surface area contributed by atoms with Crippen LogP contribution in [0.2, 0.25) is 0 Å². The maximum absolute atomic E-state index is 12.3. The number of hydrogen-bond acceptors (Lipinski definition) is 5. The molecule has 1 aliphatic heterocycles. The largest absolute Gasteiger partial charge is 0.486 e. The van der Waals surface area contributed by atoms with Crippen LogP contribution in [0.5, 0.6) is 11.5 Å². The summed E-state index contributed by atoms with van der Waals surface area (Å²) >= 11 is 1.42. The Bertz CT molecular complexity index is 987. The number of aromatic nitrogens is 2. The highest BCUT2D eigenvalue weighted by Crippen LogP contribution is 2.30. The van der Waals surface area contributed by atoms with E-state index in [9.17, 15) is 4.79 Å². The van der Waals surface area contributed by atoms with E-state index in [-0.39, 0.29) is 5.91 Å². The van der Waals surface area contributed by atoms with Gasteiger partial charge in [0.2, 0.25) is 5.91 Å². The number of aryl methyl sites for hydroxylation is 1. The second-order valence-electron chi connectivity index (χ2n) is 6.41. The fourth-order valence-electron chi connectivity index (χ4n) is 2.99. The van der Waals surface area contributed by atoms with Crippen molar-refractivity contribution in [2.45, 2.75) is 18.6 Å². The lowest BCUT2D eigenvalue weighted by atomic mass is 10.2. The van der Waals surface area contributed by atoms with Gasteiger partial charge in [0.05, 0.1) is 11.4 Å². The maximum atomic E-state index is 12.3. The Morgan fingerprint density at radius 1 is 1.18 bits per heavy atom. The summed E-state index contributed by atoms with van der Waals surface area (Å²) in [6.45, 7) is 3.62. The molecule has 3 aromatic rings. The lowest BCUT2D eigenvalue weighted by molar-refractivity contribution is -0.118. The van der Waals surface area contributed by atoms with E-state index in [4.69, 9.17) is 9.47 Å². The third-order valence-corrected chi connectivity index (χ3v) is 5.38. The van der Waals surface area contributed by atoms with Crippen LogP contribution in [-0.4, -0.2) is 34.4 Å². The molecule has 0 atom stereocenters. The third kappa shape index (κ3) is 4.14. The quantitative estimate of drug-likeness (QED) is 0.649. The van der Waals surface area contributed by atoms with Crippen molar-refractivity contribution in [3.05, 3.63) is 66.0 Å². The summed E-state index contributed by atoms with van der Waals surface area (Å²) in [4.78, 5) is 16.7. The Morgan fingerprint density at radius 3 is 2.86 bits per heavy atom. The fraction of sp³-hybridized carbons (Fsp3) is 0.238. The van der Waals surface area contributed by atoms with Crippen LogP contribution in [0.3, 0.4) is 0 Å². The van der Waals surface area contributed by atoms with E-state index in [2.05, 4.69) is 23.3 Å². The first-order valence-electron chi connectivity index (χ1n) is 9.08. The zero-order valence-electron chi connectivity index (χ0n) is 15.6. The van der Waals surface area contributed by atoms with Crippen LogP contribution in [0.25, 0.3) is 5.69 Å². The van der Waals surface area contributed by atoms with Gasteiger partial charge >= 0.3 is 0 Å². The van der Waals surface area contributed by atoms with E-state index in [0.29, 0.717) is 25.5 Å². The first-order valence-corrected chi connectivity index (χ1v) is 10.1. The molecule has 0 fully saturated rings. The number of thioether (sulfide) groups is 1. The topological polar surface area (TPSA) is 65.4 Å². The molecule has 28 heavy (non-hydrogen) atoms. The Morgan fingerprint density at radius 2 is 2.00 bits per heavy atom. The number of carbonyl (C=O) groups is 1. The summed E-state index contributed by atoms with van der Waals surface area (Å²) in [5.74, 6) is 1.74. The van der Waals surface area contributed by atoms with E-state index in [1.54, 1.807) is 6.20 Å². The average molecular weight is 395 g/mol. The van der Waals surface area contributed by atoms with Crippen molar-refractivity contribution in [2.75, 3.05) is 19.0 Å². The molecule has 2 heterocycles. The summed E-state index contributed by atoms with van der Waals surface area (Å²) in [5.41, 5.74) is 3.20. The van der Waals surface area contributed by atoms with Crippen molar-refractivity contribution in [1.82, 2.24) is 14.9 Å². The van der Waals surface area contributed by atoms with Gasteiger partial charge in [-0.1, -0.05) is 36.0 Å². The van der Waals surface area contributed by atoms with E-state index >= 15 is 0 Å². The molecule has 1 aliphatic rings. The Labute approximate surface area is 167 Å². The molecule has 4 rings (SSSR count). The van der Waals surface area contributed by atoms with Crippen molar-refractivity contribution in [3.8, 4) is 17.2 Å². The number of fused-ring (bicyclic) bond motifs is 1.